The van der Waals surface area contributed by atoms with Crippen LogP contribution in [0.15, 0.2) is 30.3 Å². The molecule has 1 aromatic carbocycles. The lowest BCUT2D eigenvalue weighted by atomic mass is 10.1. The summed E-state index contributed by atoms with van der Waals surface area (Å²) in [6.07, 6.45) is 2.53. The average Bonchev–Trinajstić information content (AvgIpc) is 2.39. The van der Waals surface area contributed by atoms with E-state index in [2.05, 4.69) is 78.8 Å². The van der Waals surface area contributed by atoms with Gasteiger partial charge in [0, 0.05) is 5.66 Å². The van der Waals surface area contributed by atoms with E-state index in [0.717, 1.165) is 0 Å². The van der Waals surface area contributed by atoms with Crippen molar-refractivity contribution in [2.24, 2.45) is 0 Å². The zero-order valence-corrected chi connectivity index (χ0v) is 14.7. The molecular formula is C18H31P. The Morgan fingerprint density at radius 3 is 1.68 bits per heavy atom. The predicted octanol–water partition coefficient (Wildman–Crippen LogP) is 6.61. The summed E-state index contributed by atoms with van der Waals surface area (Å²) in [4.78, 5) is 0. The maximum absolute atomic E-state index is 2.47. The van der Waals surface area contributed by atoms with Gasteiger partial charge in [0.15, 0.2) is 0 Å². The van der Waals surface area contributed by atoms with E-state index >= 15 is 0 Å². The molecule has 0 aliphatic carbocycles. The molecule has 0 aliphatic rings. The highest BCUT2D eigenvalue weighted by Crippen LogP contribution is 2.69. The van der Waals surface area contributed by atoms with Crippen LogP contribution >= 0.6 is 7.92 Å². The highest BCUT2D eigenvalue weighted by Gasteiger charge is 2.41. The molecule has 0 aliphatic heterocycles. The Bertz CT molecular complexity index is 362. The summed E-state index contributed by atoms with van der Waals surface area (Å²) in [5.41, 5.74) is 2.18. The van der Waals surface area contributed by atoms with Gasteiger partial charge in [0.1, 0.15) is 0 Å². The fraction of sp³-hybridized carbons (Fsp3) is 0.667. The van der Waals surface area contributed by atoms with Crippen LogP contribution in [0.4, 0.5) is 0 Å². The molecule has 19 heavy (non-hydrogen) atoms. The van der Waals surface area contributed by atoms with E-state index in [1.807, 2.05) is 0 Å². The monoisotopic (exact) mass is 278 g/mol. The Kier molecular flexibility index (Phi) is 5.63. The molecule has 1 aromatic rings. The van der Waals surface area contributed by atoms with Crippen molar-refractivity contribution >= 4 is 7.92 Å². The van der Waals surface area contributed by atoms with Gasteiger partial charge in [0.2, 0.25) is 0 Å². The number of hydrogen-bond donors (Lipinski definition) is 0. The van der Waals surface area contributed by atoms with Gasteiger partial charge in [-0.1, -0.05) is 86.7 Å². The van der Waals surface area contributed by atoms with Crippen molar-refractivity contribution in [1.82, 2.24) is 0 Å². The largest absolute Gasteiger partial charge is 0.0877 e. The molecule has 1 heteroatoms. The molecule has 0 fully saturated rings. The minimum absolute atomic E-state index is 0.0849. The first-order chi connectivity index (χ1) is 8.76. The first kappa shape index (κ1) is 16.7. The maximum Gasteiger partial charge on any atom is 0.00230 e. The second-order valence-electron chi connectivity index (χ2n) is 6.79. The van der Waals surface area contributed by atoms with E-state index in [4.69, 9.17) is 0 Å². The molecule has 0 heterocycles. The summed E-state index contributed by atoms with van der Waals surface area (Å²) in [5, 5.41) is 0.869. The van der Waals surface area contributed by atoms with E-state index in [1.165, 1.54) is 18.4 Å². The van der Waals surface area contributed by atoms with Crippen molar-refractivity contribution in [3.63, 3.8) is 0 Å². The van der Waals surface area contributed by atoms with Crippen LogP contribution in [0.25, 0.3) is 0 Å². The van der Waals surface area contributed by atoms with Crippen molar-refractivity contribution < 1.29 is 0 Å². The van der Waals surface area contributed by atoms with E-state index in [1.54, 1.807) is 0 Å². The smallest absolute Gasteiger partial charge is 0.00230 e. The topological polar surface area (TPSA) is 0 Å². The zero-order chi connectivity index (χ0) is 14.7. The maximum atomic E-state index is 2.47. The normalized spacial score (nSPS) is 14.7. The van der Waals surface area contributed by atoms with Gasteiger partial charge in [-0.25, -0.2) is 0 Å². The van der Waals surface area contributed by atoms with Crippen molar-refractivity contribution in [2.45, 2.75) is 77.3 Å². The fourth-order valence-electron chi connectivity index (χ4n) is 3.09. The van der Waals surface area contributed by atoms with Gasteiger partial charge in [0.25, 0.3) is 0 Å². The number of rotatable bonds is 6. The van der Waals surface area contributed by atoms with Crippen LogP contribution in [0.5, 0.6) is 0 Å². The summed E-state index contributed by atoms with van der Waals surface area (Å²) >= 11 is 0. The third-order valence-electron chi connectivity index (χ3n) is 4.70. The van der Waals surface area contributed by atoms with Gasteiger partial charge >= 0.3 is 0 Å². The van der Waals surface area contributed by atoms with Crippen LogP contribution in [0, 0.1) is 0 Å². The standard InChI is InChI=1S/C18H31P/c1-8-17(4,5)19(18(6,7)9-2)15(3)16-13-11-10-12-14-16/h10-15H,8-9H2,1-7H3. The molecule has 0 spiro atoms. The Morgan fingerprint density at radius 2 is 1.32 bits per heavy atom. The summed E-state index contributed by atoms with van der Waals surface area (Å²) in [7, 11) is -0.0849. The number of hydrogen-bond acceptors (Lipinski definition) is 0. The Labute approximate surface area is 121 Å². The molecule has 0 amide bonds. The molecule has 0 aromatic heterocycles. The lowest BCUT2D eigenvalue weighted by molar-refractivity contribution is 0.593. The first-order valence-corrected chi connectivity index (χ1v) is 9.01. The Morgan fingerprint density at radius 1 is 0.895 bits per heavy atom. The molecule has 0 saturated carbocycles. The van der Waals surface area contributed by atoms with Crippen molar-refractivity contribution in [1.29, 1.82) is 0 Å². The molecule has 1 unspecified atom stereocenters. The zero-order valence-electron chi connectivity index (χ0n) is 13.8. The Balaban J connectivity index is 3.18. The van der Waals surface area contributed by atoms with Crippen molar-refractivity contribution in [3.05, 3.63) is 35.9 Å². The van der Waals surface area contributed by atoms with Crippen LogP contribution in [0.1, 0.15) is 72.5 Å². The molecule has 0 nitrogen and oxygen atoms in total. The highest BCUT2D eigenvalue weighted by molar-refractivity contribution is 7.61. The summed E-state index contributed by atoms with van der Waals surface area (Å²) in [6.45, 7) is 17.0. The van der Waals surface area contributed by atoms with Gasteiger partial charge < -0.3 is 0 Å². The summed E-state index contributed by atoms with van der Waals surface area (Å²) in [5.74, 6) is 0. The molecule has 0 N–H and O–H groups in total. The van der Waals surface area contributed by atoms with Gasteiger partial charge in [0.05, 0.1) is 0 Å². The minimum atomic E-state index is -0.0849. The SMILES string of the molecule is CCC(C)(C)P(C(C)c1ccccc1)C(C)(C)CC. The van der Waals surface area contributed by atoms with Crippen LogP contribution in [0.2, 0.25) is 0 Å². The molecule has 0 saturated heterocycles. The van der Waals surface area contributed by atoms with Gasteiger partial charge in [-0.3, -0.25) is 0 Å². The van der Waals surface area contributed by atoms with Gasteiger partial charge in [-0.15, -0.1) is 0 Å². The number of benzene rings is 1. The van der Waals surface area contributed by atoms with Gasteiger partial charge in [-0.2, -0.15) is 0 Å². The molecule has 108 valence electrons. The third kappa shape index (κ3) is 3.82. The van der Waals surface area contributed by atoms with Crippen molar-refractivity contribution in [2.75, 3.05) is 0 Å². The van der Waals surface area contributed by atoms with Crippen LogP contribution in [-0.4, -0.2) is 10.3 Å². The lowest BCUT2D eigenvalue weighted by Crippen LogP contribution is -2.31. The van der Waals surface area contributed by atoms with E-state index in [0.29, 0.717) is 16.0 Å². The average molecular weight is 278 g/mol. The molecular weight excluding hydrogens is 247 g/mol. The quantitative estimate of drug-likeness (QED) is 0.514. The van der Waals surface area contributed by atoms with Crippen molar-refractivity contribution in [3.8, 4) is 0 Å². The van der Waals surface area contributed by atoms with E-state index < -0.39 is 0 Å². The van der Waals surface area contributed by atoms with E-state index in [9.17, 15) is 0 Å². The molecule has 1 atom stereocenters. The minimum Gasteiger partial charge on any atom is -0.0877 e. The highest BCUT2D eigenvalue weighted by atomic mass is 31.1. The molecule has 0 bridgehead atoms. The second kappa shape index (κ2) is 6.40. The second-order valence-corrected chi connectivity index (χ2v) is 10.7. The summed E-state index contributed by atoms with van der Waals surface area (Å²) < 4.78 is 0. The fourth-order valence-corrected chi connectivity index (χ4v) is 7.98. The van der Waals surface area contributed by atoms with Crippen LogP contribution < -0.4 is 0 Å². The first-order valence-electron chi connectivity index (χ1n) is 7.60. The van der Waals surface area contributed by atoms with Crippen LogP contribution in [-0.2, 0) is 0 Å². The predicted molar refractivity (Wildman–Crippen MR) is 90.5 cm³/mol. The lowest BCUT2D eigenvalue weighted by Gasteiger charge is -2.48. The molecule has 1 rings (SSSR count). The third-order valence-corrected chi connectivity index (χ3v) is 9.02. The Hall–Kier alpha value is -0.350. The molecule has 0 radical (unpaired) electrons. The summed E-state index contributed by atoms with van der Waals surface area (Å²) in [6, 6.07) is 11.1. The van der Waals surface area contributed by atoms with E-state index in [-0.39, 0.29) is 7.92 Å². The van der Waals surface area contributed by atoms with Gasteiger partial charge in [-0.05, 0) is 28.7 Å². The van der Waals surface area contributed by atoms with Crippen LogP contribution in [0.3, 0.4) is 0 Å².